The van der Waals surface area contributed by atoms with Crippen LogP contribution in [0.2, 0.25) is 0 Å². The highest BCUT2D eigenvalue weighted by Crippen LogP contribution is 2.20. The van der Waals surface area contributed by atoms with Gasteiger partial charge in [-0.15, -0.1) is 12.4 Å². The first-order valence-corrected chi connectivity index (χ1v) is 6.65. The first-order chi connectivity index (χ1) is 9.18. The Balaban J connectivity index is 0.00000200. The zero-order valence-electron chi connectivity index (χ0n) is 11.9. The van der Waals surface area contributed by atoms with Crippen molar-refractivity contribution in [3.8, 4) is 0 Å². The summed E-state index contributed by atoms with van der Waals surface area (Å²) in [5.74, 6) is 0. The molecule has 2 atom stereocenters. The van der Waals surface area contributed by atoms with Crippen LogP contribution in [0.1, 0.15) is 24.2 Å². The molecule has 0 amide bonds. The lowest BCUT2D eigenvalue weighted by molar-refractivity contribution is 0.0688. The summed E-state index contributed by atoms with van der Waals surface area (Å²) in [6, 6.07) is 20.2. The average molecular weight is 292 g/mol. The van der Waals surface area contributed by atoms with Gasteiger partial charge in [0.05, 0.1) is 6.10 Å². The van der Waals surface area contributed by atoms with Crippen LogP contribution in [-0.4, -0.2) is 23.1 Å². The van der Waals surface area contributed by atoms with Crippen LogP contribution in [0.5, 0.6) is 0 Å². The monoisotopic (exact) mass is 291 g/mol. The quantitative estimate of drug-likeness (QED) is 0.909. The van der Waals surface area contributed by atoms with Gasteiger partial charge in [-0.25, -0.2) is 0 Å². The van der Waals surface area contributed by atoms with Crippen LogP contribution in [-0.2, 0) is 6.54 Å². The maximum atomic E-state index is 10.4. The van der Waals surface area contributed by atoms with Gasteiger partial charge in [0.2, 0.25) is 0 Å². The second kappa shape index (κ2) is 8.05. The highest BCUT2D eigenvalue weighted by molar-refractivity contribution is 5.85. The highest BCUT2D eigenvalue weighted by atomic mass is 35.5. The van der Waals surface area contributed by atoms with Crippen molar-refractivity contribution in [2.75, 3.05) is 7.05 Å². The van der Waals surface area contributed by atoms with E-state index in [-0.39, 0.29) is 18.4 Å². The first kappa shape index (κ1) is 16.7. The molecule has 2 nitrogen and oxygen atoms in total. The van der Waals surface area contributed by atoms with Crippen molar-refractivity contribution in [3.05, 3.63) is 71.8 Å². The molecule has 0 aliphatic carbocycles. The Bertz CT molecular complexity index is 489. The van der Waals surface area contributed by atoms with E-state index in [0.717, 1.165) is 12.1 Å². The number of rotatable bonds is 5. The molecule has 20 heavy (non-hydrogen) atoms. The van der Waals surface area contributed by atoms with Gasteiger partial charge >= 0.3 is 0 Å². The third-order valence-electron chi connectivity index (χ3n) is 3.57. The lowest BCUT2D eigenvalue weighted by atomic mass is 10.0. The van der Waals surface area contributed by atoms with Crippen LogP contribution in [0, 0.1) is 0 Å². The predicted octanol–water partition coefficient (Wildman–Crippen LogP) is 3.66. The summed E-state index contributed by atoms with van der Waals surface area (Å²) < 4.78 is 0. The molecule has 1 N–H and O–H groups in total. The number of hydrogen-bond acceptors (Lipinski definition) is 2. The molecule has 0 saturated heterocycles. The topological polar surface area (TPSA) is 23.5 Å². The molecule has 0 radical (unpaired) electrons. The SMILES string of the molecule is C[C@@H]([C@@H](O)c1ccccc1)N(C)Cc1ccccc1.Cl. The Labute approximate surface area is 127 Å². The predicted molar refractivity (Wildman–Crippen MR) is 86.0 cm³/mol. The van der Waals surface area contributed by atoms with E-state index < -0.39 is 6.10 Å². The maximum Gasteiger partial charge on any atom is 0.0942 e. The number of nitrogens with zero attached hydrogens (tertiary/aromatic N) is 1. The van der Waals surface area contributed by atoms with Gasteiger partial charge < -0.3 is 5.11 Å². The van der Waals surface area contributed by atoms with Crippen molar-refractivity contribution in [1.82, 2.24) is 4.90 Å². The summed E-state index contributed by atoms with van der Waals surface area (Å²) in [4.78, 5) is 2.17. The maximum absolute atomic E-state index is 10.4. The largest absolute Gasteiger partial charge is 0.387 e. The fourth-order valence-corrected chi connectivity index (χ4v) is 2.19. The summed E-state index contributed by atoms with van der Waals surface area (Å²) in [6.45, 7) is 2.90. The molecule has 2 rings (SSSR count). The Hall–Kier alpha value is -1.35. The molecule has 0 fully saturated rings. The van der Waals surface area contributed by atoms with Gasteiger partial charge in [-0.3, -0.25) is 4.90 Å². The van der Waals surface area contributed by atoms with Crippen LogP contribution in [0.4, 0.5) is 0 Å². The van der Waals surface area contributed by atoms with Gasteiger partial charge in [-0.1, -0.05) is 60.7 Å². The van der Waals surface area contributed by atoms with Gasteiger partial charge in [0, 0.05) is 12.6 Å². The standard InChI is InChI=1S/C17H21NO.ClH/c1-14(17(19)16-11-7-4-8-12-16)18(2)13-15-9-5-3-6-10-15;/h3-12,14,17,19H,13H2,1-2H3;1H/t14-,17+;/m0./s1. The van der Waals surface area contributed by atoms with Gasteiger partial charge in [-0.2, -0.15) is 0 Å². The molecule has 108 valence electrons. The molecule has 0 bridgehead atoms. The fraction of sp³-hybridized carbons (Fsp3) is 0.294. The van der Waals surface area contributed by atoms with Crippen molar-refractivity contribution in [3.63, 3.8) is 0 Å². The Kier molecular flexibility index (Phi) is 6.73. The zero-order chi connectivity index (χ0) is 13.7. The van der Waals surface area contributed by atoms with Crippen LogP contribution in [0.3, 0.4) is 0 Å². The van der Waals surface area contributed by atoms with Gasteiger partial charge in [0.1, 0.15) is 0 Å². The molecular formula is C17H22ClNO. The van der Waals surface area contributed by atoms with Crippen molar-refractivity contribution < 1.29 is 5.11 Å². The van der Waals surface area contributed by atoms with E-state index in [2.05, 4.69) is 24.0 Å². The molecule has 3 heteroatoms. The molecule has 0 unspecified atom stereocenters. The van der Waals surface area contributed by atoms with Crippen LogP contribution in [0.15, 0.2) is 60.7 Å². The molecule has 2 aromatic rings. The Morgan fingerprint density at radius 3 is 2.00 bits per heavy atom. The lowest BCUT2D eigenvalue weighted by Crippen LogP contribution is -2.33. The van der Waals surface area contributed by atoms with Gasteiger partial charge in [-0.05, 0) is 25.1 Å². The number of benzene rings is 2. The van der Waals surface area contributed by atoms with E-state index in [4.69, 9.17) is 0 Å². The van der Waals surface area contributed by atoms with Gasteiger partial charge in [0.25, 0.3) is 0 Å². The third kappa shape index (κ3) is 4.34. The summed E-state index contributed by atoms with van der Waals surface area (Å²) in [5.41, 5.74) is 2.23. The smallest absolute Gasteiger partial charge is 0.0942 e. The summed E-state index contributed by atoms with van der Waals surface area (Å²) in [5, 5.41) is 10.4. The number of halogens is 1. The van der Waals surface area contributed by atoms with Crippen molar-refractivity contribution in [2.45, 2.75) is 25.6 Å². The van der Waals surface area contributed by atoms with Gasteiger partial charge in [0.15, 0.2) is 0 Å². The number of aliphatic hydroxyl groups excluding tert-OH is 1. The fourth-order valence-electron chi connectivity index (χ4n) is 2.19. The summed E-state index contributed by atoms with van der Waals surface area (Å²) >= 11 is 0. The van der Waals surface area contributed by atoms with Crippen LogP contribution >= 0.6 is 12.4 Å². The molecule has 0 saturated carbocycles. The van der Waals surface area contributed by atoms with Crippen molar-refractivity contribution >= 4 is 12.4 Å². The Morgan fingerprint density at radius 1 is 0.950 bits per heavy atom. The molecule has 2 aromatic carbocycles. The number of hydrogen-bond donors (Lipinski definition) is 1. The number of aliphatic hydroxyl groups is 1. The van der Waals surface area contributed by atoms with Crippen LogP contribution in [0.25, 0.3) is 0 Å². The van der Waals surface area contributed by atoms with Crippen molar-refractivity contribution in [2.24, 2.45) is 0 Å². The lowest BCUT2D eigenvalue weighted by Gasteiger charge is -2.29. The minimum Gasteiger partial charge on any atom is -0.387 e. The molecule has 0 aromatic heterocycles. The van der Waals surface area contributed by atoms with E-state index in [1.54, 1.807) is 0 Å². The van der Waals surface area contributed by atoms with Crippen LogP contribution < -0.4 is 0 Å². The van der Waals surface area contributed by atoms with E-state index in [1.807, 2.05) is 55.6 Å². The second-order valence-electron chi connectivity index (χ2n) is 5.00. The first-order valence-electron chi connectivity index (χ1n) is 6.65. The molecule has 0 spiro atoms. The minimum atomic E-state index is -0.463. The summed E-state index contributed by atoms with van der Waals surface area (Å²) in [6.07, 6.45) is -0.463. The van der Waals surface area contributed by atoms with Crippen molar-refractivity contribution in [1.29, 1.82) is 0 Å². The summed E-state index contributed by atoms with van der Waals surface area (Å²) in [7, 11) is 2.05. The van der Waals surface area contributed by atoms with E-state index in [1.165, 1.54) is 5.56 Å². The minimum absolute atomic E-state index is 0. The second-order valence-corrected chi connectivity index (χ2v) is 5.00. The Morgan fingerprint density at radius 2 is 1.45 bits per heavy atom. The van der Waals surface area contributed by atoms with E-state index in [0.29, 0.717) is 0 Å². The molecule has 0 aliphatic heterocycles. The molecule has 0 aliphatic rings. The average Bonchev–Trinajstić information content (AvgIpc) is 2.47. The van der Waals surface area contributed by atoms with E-state index in [9.17, 15) is 5.11 Å². The zero-order valence-corrected chi connectivity index (χ0v) is 12.8. The normalized spacial score (nSPS) is 13.6. The highest BCUT2D eigenvalue weighted by Gasteiger charge is 2.20. The number of likely N-dealkylation sites (N-methyl/N-ethyl adjacent to an activating group) is 1. The van der Waals surface area contributed by atoms with E-state index >= 15 is 0 Å². The molecule has 0 heterocycles. The molecular weight excluding hydrogens is 270 g/mol. The third-order valence-corrected chi connectivity index (χ3v) is 3.57.